The van der Waals surface area contributed by atoms with Crippen LogP contribution in [0.3, 0.4) is 0 Å². The van der Waals surface area contributed by atoms with E-state index in [4.69, 9.17) is 10.9 Å². The van der Waals surface area contributed by atoms with Crippen molar-refractivity contribution in [1.82, 2.24) is 0 Å². The summed E-state index contributed by atoms with van der Waals surface area (Å²) in [5.74, 6) is -0.0625. The van der Waals surface area contributed by atoms with Crippen molar-refractivity contribution in [3.05, 3.63) is 29.8 Å². The lowest BCUT2D eigenvalue weighted by atomic mass is 9.72. The van der Waals surface area contributed by atoms with E-state index in [1.54, 1.807) is 11.9 Å². The first kappa shape index (κ1) is 15.4. The molecule has 1 amide bonds. The van der Waals surface area contributed by atoms with Crippen LogP contribution in [-0.4, -0.2) is 24.0 Å². The molecule has 0 radical (unpaired) electrons. The molecular formula is C16H23N3O2. The Balaban J connectivity index is 2.31. The normalized spacial score (nSPS) is 18.3. The SMILES string of the molecule is Cc1ccc(N(C)C(=O)C2(C(N)=NO)CCCCC2)cc1. The lowest BCUT2D eigenvalue weighted by molar-refractivity contribution is -0.126. The van der Waals surface area contributed by atoms with E-state index >= 15 is 0 Å². The van der Waals surface area contributed by atoms with Crippen LogP contribution in [-0.2, 0) is 4.79 Å². The molecule has 0 unspecified atom stereocenters. The average Bonchev–Trinajstić information content (AvgIpc) is 2.54. The maximum Gasteiger partial charge on any atom is 0.240 e. The Bertz CT molecular complexity index is 531. The zero-order valence-electron chi connectivity index (χ0n) is 12.7. The number of oxime groups is 1. The highest BCUT2D eigenvalue weighted by atomic mass is 16.4. The number of amides is 1. The molecular weight excluding hydrogens is 266 g/mol. The number of amidine groups is 1. The summed E-state index contributed by atoms with van der Waals surface area (Å²) in [4.78, 5) is 14.6. The van der Waals surface area contributed by atoms with Crippen molar-refractivity contribution in [3.8, 4) is 0 Å². The second-order valence-electron chi connectivity index (χ2n) is 5.83. The van der Waals surface area contributed by atoms with E-state index in [0.717, 1.165) is 30.5 Å². The van der Waals surface area contributed by atoms with E-state index in [0.29, 0.717) is 12.8 Å². The third kappa shape index (κ3) is 2.86. The molecule has 1 aromatic carbocycles. The minimum atomic E-state index is -0.868. The van der Waals surface area contributed by atoms with Crippen LogP contribution in [0, 0.1) is 12.3 Å². The molecule has 0 aromatic heterocycles. The molecule has 3 N–H and O–H groups in total. The fourth-order valence-corrected chi connectivity index (χ4v) is 3.04. The van der Waals surface area contributed by atoms with Gasteiger partial charge < -0.3 is 15.8 Å². The second kappa shape index (κ2) is 6.16. The topological polar surface area (TPSA) is 78.9 Å². The molecule has 5 heteroatoms. The number of anilines is 1. The van der Waals surface area contributed by atoms with Gasteiger partial charge in [0.2, 0.25) is 5.91 Å². The lowest BCUT2D eigenvalue weighted by Crippen LogP contribution is -2.51. The van der Waals surface area contributed by atoms with Crippen LogP contribution in [0.4, 0.5) is 5.69 Å². The summed E-state index contributed by atoms with van der Waals surface area (Å²) in [6.07, 6.45) is 4.20. The quantitative estimate of drug-likeness (QED) is 0.388. The van der Waals surface area contributed by atoms with Gasteiger partial charge in [-0.3, -0.25) is 4.79 Å². The van der Waals surface area contributed by atoms with E-state index in [-0.39, 0.29) is 11.7 Å². The van der Waals surface area contributed by atoms with Crippen LogP contribution in [0.2, 0.25) is 0 Å². The smallest absolute Gasteiger partial charge is 0.240 e. The number of benzene rings is 1. The summed E-state index contributed by atoms with van der Waals surface area (Å²) >= 11 is 0. The molecule has 114 valence electrons. The third-order valence-electron chi connectivity index (χ3n) is 4.44. The number of nitrogens with two attached hydrogens (primary N) is 1. The van der Waals surface area contributed by atoms with Crippen molar-refractivity contribution in [2.24, 2.45) is 16.3 Å². The Morgan fingerprint density at radius 2 is 1.81 bits per heavy atom. The van der Waals surface area contributed by atoms with Crippen LogP contribution >= 0.6 is 0 Å². The molecule has 0 aliphatic heterocycles. The zero-order chi connectivity index (χ0) is 15.5. The van der Waals surface area contributed by atoms with Gasteiger partial charge >= 0.3 is 0 Å². The number of aryl methyl sites for hydroxylation is 1. The van der Waals surface area contributed by atoms with Crippen molar-refractivity contribution < 1.29 is 10.0 Å². The summed E-state index contributed by atoms with van der Waals surface area (Å²) in [6, 6.07) is 7.76. The Morgan fingerprint density at radius 3 is 2.33 bits per heavy atom. The Hall–Kier alpha value is -2.04. The van der Waals surface area contributed by atoms with Crippen LogP contribution in [0.1, 0.15) is 37.7 Å². The number of rotatable bonds is 3. The minimum Gasteiger partial charge on any atom is -0.409 e. The monoisotopic (exact) mass is 289 g/mol. The third-order valence-corrected chi connectivity index (χ3v) is 4.44. The molecule has 21 heavy (non-hydrogen) atoms. The van der Waals surface area contributed by atoms with Crippen molar-refractivity contribution in [2.45, 2.75) is 39.0 Å². The van der Waals surface area contributed by atoms with Gasteiger partial charge in [0.15, 0.2) is 5.84 Å². The predicted molar refractivity (Wildman–Crippen MR) is 83.5 cm³/mol. The van der Waals surface area contributed by atoms with Crippen LogP contribution in [0.5, 0.6) is 0 Å². The molecule has 1 saturated carbocycles. The molecule has 2 rings (SSSR count). The largest absolute Gasteiger partial charge is 0.409 e. The maximum absolute atomic E-state index is 13.0. The number of hydrogen-bond acceptors (Lipinski definition) is 3. The minimum absolute atomic E-state index is 0.0335. The van der Waals surface area contributed by atoms with E-state index in [1.165, 1.54) is 0 Å². The molecule has 1 aliphatic rings. The fraction of sp³-hybridized carbons (Fsp3) is 0.500. The molecule has 0 saturated heterocycles. The number of nitrogens with zero attached hydrogens (tertiary/aromatic N) is 2. The van der Waals surface area contributed by atoms with Gasteiger partial charge in [-0.25, -0.2) is 0 Å². The number of carbonyl (C=O) groups is 1. The summed E-state index contributed by atoms with van der Waals surface area (Å²) in [5.41, 5.74) is 6.97. The second-order valence-corrected chi connectivity index (χ2v) is 5.83. The number of carbonyl (C=O) groups excluding carboxylic acids is 1. The highest BCUT2D eigenvalue weighted by molar-refractivity contribution is 6.12. The summed E-state index contributed by atoms with van der Waals surface area (Å²) in [6.45, 7) is 2.00. The Labute approximate surface area is 125 Å². The standard InChI is InChI=1S/C16H23N3O2/c1-12-6-8-13(9-7-12)19(2)15(20)16(14(17)18-21)10-4-3-5-11-16/h6-9,21H,3-5,10-11H2,1-2H3,(H2,17,18). The molecule has 5 nitrogen and oxygen atoms in total. The Morgan fingerprint density at radius 1 is 1.24 bits per heavy atom. The lowest BCUT2D eigenvalue weighted by Gasteiger charge is -2.37. The van der Waals surface area contributed by atoms with E-state index in [9.17, 15) is 4.79 Å². The van der Waals surface area contributed by atoms with Crippen LogP contribution < -0.4 is 10.6 Å². The van der Waals surface area contributed by atoms with E-state index in [1.807, 2.05) is 31.2 Å². The van der Waals surface area contributed by atoms with E-state index < -0.39 is 5.41 Å². The van der Waals surface area contributed by atoms with Crippen molar-refractivity contribution in [3.63, 3.8) is 0 Å². The summed E-state index contributed by atoms with van der Waals surface area (Å²) in [5, 5.41) is 12.2. The zero-order valence-corrected chi connectivity index (χ0v) is 12.7. The molecule has 0 bridgehead atoms. The predicted octanol–water partition coefficient (Wildman–Crippen LogP) is 2.65. The molecule has 1 fully saturated rings. The van der Waals surface area contributed by atoms with Gasteiger partial charge in [-0.2, -0.15) is 0 Å². The van der Waals surface area contributed by atoms with E-state index in [2.05, 4.69) is 5.16 Å². The number of hydrogen-bond donors (Lipinski definition) is 2. The molecule has 0 atom stereocenters. The van der Waals surface area contributed by atoms with Gasteiger partial charge in [0.05, 0.1) is 0 Å². The fourth-order valence-electron chi connectivity index (χ4n) is 3.04. The molecule has 1 aromatic rings. The van der Waals surface area contributed by atoms with Gasteiger partial charge in [-0.15, -0.1) is 0 Å². The van der Waals surface area contributed by atoms with Gasteiger partial charge in [0.25, 0.3) is 0 Å². The summed E-state index contributed by atoms with van der Waals surface area (Å²) < 4.78 is 0. The molecule has 1 aliphatic carbocycles. The van der Waals surface area contributed by atoms with Gasteiger partial charge in [0, 0.05) is 12.7 Å². The first-order valence-corrected chi connectivity index (χ1v) is 7.34. The molecule has 0 heterocycles. The molecule has 0 spiro atoms. The van der Waals surface area contributed by atoms with Crippen LogP contribution in [0.15, 0.2) is 29.4 Å². The van der Waals surface area contributed by atoms with Crippen molar-refractivity contribution in [1.29, 1.82) is 0 Å². The highest BCUT2D eigenvalue weighted by Gasteiger charge is 2.45. The van der Waals surface area contributed by atoms with Crippen molar-refractivity contribution in [2.75, 3.05) is 11.9 Å². The van der Waals surface area contributed by atoms with Crippen molar-refractivity contribution >= 4 is 17.4 Å². The Kier molecular flexibility index (Phi) is 4.50. The average molecular weight is 289 g/mol. The van der Waals surface area contributed by atoms with Gasteiger partial charge in [-0.05, 0) is 31.9 Å². The van der Waals surface area contributed by atoms with Gasteiger partial charge in [-0.1, -0.05) is 42.1 Å². The first-order valence-electron chi connectivity index (χ1n) is 7.34. The maximum atomic E-state index is 13.0. The first-order chi connectivity index (χ1) is 10.0. The van der Waals surface area contributed by atoms with Crippen LogP contribution in [0.25, 0.3) is 0 Å². The van der Waals surface area contributed by atoms with Gasteiger partial charge in [0.1, 0.15) is 5.41 Å². The highest BCUT2D eigenvalue weighted by Crippen LogP contribution is 2.39. The summed E-state index contributed by atoms with van der Waals surface area (Å²) in [7, 11) is 1.74.